The van der Waals surface area contributed by atoms with Gasteiger partial charge in [0.25, 0.3) is 0 Å². The van der Waals surface area contributed by atoms with Crippen molar-refractivity contribution in [1.29, 1.82) is 0 Å². The smallest absolute Gasteiger partial charge is 0.244 e. The quantitative estimate of drug-likeness (QED) is 0.903. The average molecular weight is 331 g/mol. The highest BCUT2D eigenvalue weighted by molar-refractivity contribution is 7.89. The number of hydrogen-bond donors (Lipinski definition) is 1. The summed E-state index contributed by atoms with van der Waals surface area (Å²) >= 11 is 6.16. The van der Waals surface area contributed by atoms with E-state index >= 15 is 0 Å². The van der Waals surface area contributed by atoms with Crippen LogP contribution in [0, 0.1) is 12.8 Å². The monoisotopic (exact) mass is 330 g/mol. The molecule has 4 nitrogen and oxygen atoms in total. The van der Waals surface area contributed by atoms with Crippen LogP contribution in [0.25, 0.3) is 0 Å². The molecule has 1 aliphatic carbocycles. The predicted octanol–water partition coefficient (Wildman–Crippen LogP) is 2.79. The van der Waals surface area contributed by atoms with Crippen LogP contribution < -0.4 is 5.73 Å². The molecule has 0 radical (unpaired) electrons. The molecule has 0 heterocycles. The molecule has 2 rings (SSSR count). The Morgan fingerprint density at radius 3 is 2.67 bits per heavy atom. The molecule has 2 atom stereocenters. The molecular weight excluding hydrogens is 308 g/mol. The van der Waals surface area contributed by atoms with Crippen LogP contribution in [0.2, 0.25) is 5.02 Å². The van der Waals surface area contributed by atoms with Gasteiger partial charge in [-0.25, -0.2) is 8.42 Å². The van der Waals surface area contributed by atoms with Crippen LogP contribution in [-0.2, 0) is 10.0 Å². The van der Waals surface area contributed by atoms with Gasteiger partial charge in [-0.2, -0.15) is 4.31 Å². The summed E-state index contributed by atoms with van der Waals surface area (Å²) in [6, 6.07) is 5.06. The molecule has 1 saturated carbocycles. The van der Waals surface area contributed by atoms with Crippen molar-refractivity contribution in [3.63, 3.8) is 0 Å². The third kappa shape index (κ3) is 3.26. The average Bonchev–Trinajstić information content (AvgIpc) is 2.86. The Bertz CT molecular complexity index is 604. The molecule has 6 heteroatoms. The summed E-state index contributed by atoms with van der Waals surface area (Å²) in [5.41, 5.74) is 6.75. The van der Waals surface area contributed by atoms with Crippen molar-refractivity contribution in [2.45, 2.75) is 44.0 Å². The van der Waals surface area contributed by atoms with Crippen LogP contribution in [0.4, 0.5) is 0 Å². The van der Waals surface area contributed by atoms with Gasteiger partial charge in [-0.1, -0.05) is 31.0 Å². The van der Waals surface area contributed by atoms with Crippen LogP contribution in [0.5, 0.6) is 0 Å². The molecule has 1 fully saturated rings. The van der Waals surface area contributed by atoms with E-state index in [1.807, 2.05) is 13.8 Å². The van der Waals surface area contributed by atoms with Crippen LogP contribution in [-0.4, -0.2) is 31.9 Å². The van der Waals surface area contributed by atoms with E-state index in [0.29, 0.717) is 13.1 Å². The summed E-state index contributed by atoms with van der Waals surface area (Å²) in [6.07, 6.45) is 2.90. The second kappa shape index (κ2) is 6.65. The van der Waals surface area contributed by atoms with Crippen molar-refractivity contribution in [3.05, 3.63) is 28.8 Å². The second-order valence-corrected chi connectivity index (χ2v) is 7.90. The lowest BCUT2D eigenvalue weighted by Gasteiger charge is -2.31. The Morgan fingerprint density at radius 1 is 1.38 bits per heavy atom. The number of hydrogen-bond acceptors (Lipinski definition) is 3. The molecule has 0 aliphatic heterocycles. The van der Waals surface area contributed by atoms with Crippen molar-refractivity contribution >= 4 is 21.6 Å². The fourth-order valence-corrected chi connectivity index (χ4v) is 5.49. The number of benzene rings is 1. The van der Waals surface area contributed by atoms with Crippen molar-refractivity contribution in [3.8, 4) is 0 Å². The van der Waals surface area contributed by atoms with E-state index in [-0.39, 0.29) is 21.9 Å². The Balaban J connectivity index is 2.40. The zero-order valence-corrected chi connectivity index (χ0v) is 14.1. The van der Waals surface area contributed by atoms with E-state index in [4.69, 9.17) is 17.3 Å². The lowest BCUT2D eigenvalue weighted by molar-refractivity contribution is 0.276. The first kappa shape index (κ1) is 16.7. The minimum atomic E-state index is -3.58. The van der Waals surface area contributed by atoms with Gasteiger partial charge in [0.2, 0.25) is 10.0 Å². The number of aryl methyl sites for hydroxylation is 1. The lowest BCUT2D eigenvalue weighted by Crippen LogP contribution is -2.44. The van der Waals surface area contributed by atoms with Crippen molar-refractivity contribution in [2.75, 3.05) is 13.1 Å². The standard InChI is InChI=1S/C15H23ClN2O2S/c1-3-18(14-6-4-5-12(14)10-17)21(19,20)15-8-7-11(2)9-13(15)16/h7-9,12,14H,3-6,10,17H2,1-2H3. The highest BCUT2D eigenvalue weighted by atomic mass is 35.5. The van der Waals surface area contributed by atoms with Crippen LogP contribution in [0.15, 0.2) is 23.1 Å². The molecule has 0 bridgehead atoms. The summed E-state index contributed by atoms with van der Waals surface area (Å²) in [6.45, 7) is 4.72. The fourth-order valence-electron chi connectivity index (χ4n) is 3.20. The first-order valence-electron chi connectivity index (χ1n) is 7.39. The molecule has 2 unspecified atom stereocenters. The molecule has 0 aromatic heterocycles. The van der Waals surface area contributed by atoms with Crippen molar-refractivity contribution < 1.29 is 8.42 Å². The largest absolute Gasteiger partial charge is 0.330 e. The van der Waals surface area contributed by atoms with E-state index < -0.39 is 10.0 Å². The maximum Gasteiger partial charge on any atom is 0.244 e. The first-order valence-corrected chi connectivity index (χ1v) is 9.21. The van der Waals surface area contributed by atoms with Crippen molar-refractivity contribution in [1.82, 2.24) is 4.31 Å². The van der Waals surface area contributed by atoms with Crippen LogP contribution in [0.3, 0.4) is 0 Å². The number of nitrogens with two attached hydrogens (primary N) is 1. The Labute approximate surface area is 132 Å². The molecule has 0 amide bonds. The van der Waals surface area contributed by atoms with Gasteiger partial charge in [0.1, 0.15) is 4.90 Å². The van der Waals surface area contributed by atoms with Gasteiger partial charge in [0.15, 0.2) is 0 Å². The number of nitrogens with zero attached hydrogens (tertiary/aromatic N) is 1. The van der Waals surface area contributed by atoms with E-state index in [0.717, 1.165) is 24.8 Å². The molecule has 1 aromatic rings. The number of sulfonamides is 1. The molecule has 118 valence electrons. The van der Waals surface area contributed by atoms with Gasteiger partial charge < -0.3 is 5.73 Å². The SMILES string of the molecule is CCN(C1CCCC1CN)S(=O)(=O)c1ccc(C)cc1Cl. The lowest BCUT2D eigenvalue weighted by atomic mass is 10.0. The Kier molecular flexibility index (Phi) is 5.30. The van der Waals surface area contributed by atoms with Crippen LogP contribution >= 0.6 is 11.6 Å². The van der Waals surface area contributed by atoms with E-state index in [1.54, 1.807) is 22.5 Å². The van der Waals surface area contributed by atoms with E-state index in [1.165, 1.54) is 0 Å². The molecule has 2 N–H and O–H groups in total. The molecular formula is C15H23ClN2O2S. The van der Waals surface area contributed by atoms with Gasteiger partial charge in [0.05, 0.1) is 5.02 Å². The zero-order chi connectivity index (χ0) is 15.6. The second-order valence-electron chi connectivity index (χ2n) is 5.64. The van der Waals surface area contributed by atoms with Gasteiger partial charge in [-0.15, -0.1) is 0 Å². The summed E-state index contributed by atoms with van der Waals surface area (Å²) in [7, 11) is -3.58. The maximum absolute atomic E-state index is 12.9. The van der Waals surface area contributed by atoms with Crippen LogP contribution in [0.1, 0.15) is 31.7 Å². The highest BCUT2D eigenvalue weighted by Crippen LogP contribution is 2.34. The fraction of sp³-hybridized carbons (Fsp3) is 0.600. The van der Waals surface area contributed by atoms with Gasteiger partial charge >= 0.3 is 0 Å². The highest BCUT2D eigenvalue weighted by Gasteiger charge is 2.38. The maximum atomic E-state index is 12.9. The third-order valence-electron chi connectivity index (χ3n) is 4.28. The molecule has 0 saturated heterocycles. The predicted molar refractivity (Wildman–Crippen MR) is 85.9 cm³/mol. The minimum Gasteiger partial charge on any atom is -0.330 e. The zero-order valence-electron chi connectivity index (χ0n) is 12.5. The number of halogens is 1. The Hall–Kier alpha value is -0.620. The Morgan fingerprint density at radius 2 is 2.10 bits per heavy atom. The summed E-state index contributed by atoms with van der Waals surface area (Å²) in [4.78, 5) is 0.194. The molecule has 21 heavy (non-hydrogen) atoms. The summed E-state index contributed by atoms with van der Waals surface area (Å²) < 4.78 is 27.5. The van der Waals surface area contributed by atoms with E-state index in [2.05, 4.69) is 0 Å². The van der Waals surface area contributed by atoms with Gasteiger partial charge in [0, 0.05) is 12.6 Å². The van der Waals surface area contributed by atoms with Gasteiger partial charge in [-0.3, -0.25) is 0 Å². The topological polar surface area (TPSA) is 63.4 Å². The minimum absolute atomic E-state index is 0.0117. The molecule has 0 spiro atoms. The third-order valence-corrected chi connectivity index (χ3v) is 6.76. The van der Waals surface area contributed by atoms with Gasteiger partial charge in [-0.05, 0) is 49.9 Å². The molecule has 1 aliphatic rings. The normalized spacial score (nSPS) is 22.9. The summed E-state index contributed by atoms with van der Waals surface area (Å²) in [5, 5.41) is 0.288. The summed E-state index contributed by atoms with van der Waals surface area (Å²) in [5.74, 6) is 0.240. The van der Waals surface area contributed by atoms with Crippen molar-refractivity contribution in [2.24, 2.45) is 11.7 Å². The molecule has 1 aromatic carbocycles. The first-order chi connectivity index (χ1) is 9.91. The van der Waals surface area contributed by atoms with E-state index in [9.17, 15) is 8.42 Å². The number of rotatable bonds is 5.